The van der Waals surface area contributed by atoms with Crippen molar-refractivity contribution in [3.63, 3.8) is 0 Å². The molecule has 5 atom stereocenters. The predicted octanol–water partition coefficient (Wildman–Crippen LogP) is 21.3. The lowest BCUT2D eigenvalue weighted by Gasteiger charge is -2.21. The molecule has 0 aromatic carbocycles. The van der Waals surface area contributed by atoms with Gasteiger partial charge in [-0.2, -0.15) is 0 Å². The van der Waals surface area contributed by atoms with Crippen LogP contribution in [0.2, 0.25) is 0 Å². The summed E-state index contributed by atoms with van der Waals surface area (Å²) < 4.78 is 68.2. The zero-order chi connectivity index (χ0) is 71.8. The van der Waals surface area contributed by atoms with Gasteiger partial charge in [0.2, 0.25) is 0 Å². The maximum Gasteiger partial charge on any atom is 0.472 e. The van der Waals surface area contributed by atoms with Crippen LogP contribution >= 0.6 is 15.6 Å². The number of carbonyl (C=O) groups excluding carboxylic acids is 4. The number of ether oxygens (including phenoxy) is 4. The number of phosphoric ester groups is 2. The average molecular weight is 1420 g/mol. The van der Waals surface area contributed by atoms with Crippen LogP contribution in [0.1, 0.15) is 285 Å². The van der Waals surface area contributed by atoms with E-state index in [9.17, 15) is 43.2 Å². The molecule has 0 amide bonds. The third-order valence-corrected chi connectivity index (χ3v) is 17.0. The van der Waals surface area contributed by atoms with E-state index in [2.05, 4.69) is 137 Å². The number of phosphoric acid groups is 2. The summed E-state index contributed by atoms with van der Waals surface area (Å²) in [5, 5.41) is 10.6. The summed E-state index contributed by atoms with van der Waals surface area (Å²) in [6, 6.07) is 0. The molecule has 0 radical (unpaired) electrons. The molecule has 0 aliphatic heterocycles. The average Bonchev–Trinajstić information content (AvgIpc) is 1.94. The Morgan fingerprint density at radius 1 is 0.306 bits per heavy atom. The first kappa shape index (κ1) is 93.2. The van der Waals surface area contributed by atoms with E-state index in [1.54, 1.807) is 6.08 Å². The Kier molecular flexibility index (Phi) is 67.2. The summed E-state index contributed by atoms with van der Waals surface area (Å²) in [7, 11) is -9.98. The fourth-order valence-corrected chi connectivity index (χ4v) is 11.1. The Morgan fingerprint density at radius 2 is 0.592 bits per heavy atom. The van der Waals surface area contributed by atoms with Gasteiger partial charge in [0, 0.05) is 19.3 Å². The van der Waals surface area contributed by atoms with Crippen molar-refractivity contribution in [1.82, 2.24) is 0 Å². The van der Waals surface area contributed by atoms with E-state index in [1.807, 2.05) is 18.2 Å². The molecule has 19 heteroatoms. The molecule has 0 bridgehead atoms. The minimum absolute atomic E-state index is 0.0704. The molecule has 0 aliphatic rings. The molecule has 3 N–H and O–H groups in total. The van der Waals surface area contributed by atoms with E-state index in [-0.39, 0.29) is 25.7 Å². The van der Waals surface area contributed by atoms with Crippen molar-refractivity contribution in [2.75, 3.05) is 39.6 Å². The van der Waals surface area contributed by atoms with Crippen LogP contribution in [0.15, 0.2) is 134 Å². The SMILES string of the molecule is CC/C=C\C/C=C\C/C=C\C/C=C\C/C=C\CC(=O)OCC(COP(=O)(O)OCC(O)COP(=O)(O)OCC(COC(=O)CCCCCCCC/C=C\C/C=C\C/C=C\C/C=C\CC)OC(=O)CCCCCCC/C=C\C/C=C\CCC)OC(=O)CCCCCCCCCCCCC. The number of carbonyl (C=O) groups is 4. The number of allylic oxidation sites excluding steroid dienone is 21. The maximum absolute atomic E-state index is 13.1. The lowest BCUT2D eigenvalue weighted by atomic mass is 10.1. The number of esters is 4. The molecular formula is C79H132O17P2. The summed E-state index contributed by atoms with van der Waals surface area (Å²) in [6.07, 6.45) is 77.7. The Labute approximate surface area is 593 Å². The Balaban J connectivity index is 5.39. The number of hydrogen-bond acceptors (Lipinski definition) is 15. The van der Waals surface area contributed by atoms with Crippen LogP contribution in [0.4, 0.5) is 0 Å². The zero-order valence-corrected chi connectivity index (χ0v) is 62.7. The monoisotopic (exact) mass is 1410 g/mol. The lowest BCUT2D eigenvalue weighted by Crippen LogP contribution is -2.30. The molecule has 0 aromatic rings. The van der Waals surface area contributed by atoms with Crippen molar-refractivity contribution in [3.8, 4) is 0 Å². The molecule has 17 nitrogen and oxygen atoms in total. The van der Waals surface area contributed by atoms with Gasteiger partial charge in [0.05, 0.1) is 32.8 Å². The highest BCUT2D eigenvalue weighted by Gasteiger charge is 2.30. The first-order valence-electron chi connectivity index (χ1n) is 37.4. The van der Waals surface area contributed by atoms with Gasteiger partial charge in [0.1, 0.15) is 19.3 Å². The molecule has 0 aliphatic carbocycles. The lowest BCUT2D eigenvalue weighted by molar-refractivity contribution is -0.161. The van der Waals surface area contributed by atoms with E-state index in [0.29, 0.717) is 25.7 Å². The van der Waals surface area contributed by atoms with Gasteiger partial charge >= 0.3 is 39.5 Å². The van der Waals surface area contributed by atoms with Crippen LogP contribution in [0.5, 0.6) is 0 Å². The molecule has 0 spiro atoms. The first-order valence-corrected chi connectivity index (χ1v) is 40.4. The minimum atomic E-state index is -4.99. The molecular weight excluding hydrogens is 1280 g/mol. The minimum Gasteiger partial charge on any atom is -0.462 e. The molecule has 0 aromatic heterocycles. The molecule has 560 valence electrons. The first-order chi connectivity index (χ1) is 47.7. The van der Waals surface area contributed by atoms with Crippen LogP contribution < -0.4 is 0 Å². The molecule has 0 fully saturated rings. The Hall–Kier alpha value is -4.80. The number of hydrogen-bond donors (Lipinski definition) is 3. The third kappa shape index (κ3) is 69.7. The summed E-state index contributed by atoms with van der Waals surface area (Å²) in [5.41, 5.74) is 0. The number of aliphatic hydroxyl groups excluding tert-OH is 1. The van der Waals surface area contributed by atoms with Crippen LogP contribution in [-0.4, -0.2) is 96.7 Å². The van der Waals surface area contributed by atoms with Crippen LogP contribution in [0.25, 0.3) is 0 Å². The zero-order valence-electron chi connectivity index (χ0n) is 60.9. The van der Waals surface area contributed by atoms with Crippen molar-refractivity contribution in [3.05, 3.63) is 134 Å². The molecule has 5 unspecified atom stereocenters. The number of unbranched alkanes of at least 4 members (excludes halogenated alkanes) is 22. The van der Waals surface area contributed by atoms with Gasteiger partial charge in [-0.3, -0.25) is 37.3 Å². The van der Waals surface area contributed by atoms with E-state index >= 15 is 0 Å². The van der Waals surface area contributed by atoms with Crippen molar-refractivity contribution in [2.24, 2.45) is 0 Å². The van der Waals surface area contributed by atoms with E-state index in [4.69, 9.17) is 37.0 Å². The van der Waals surface area contributed by atoms with Gasteiger partial charge in [-0.05, 0) is 116 Å². The smallest absolute Gasteiger partial charge is 0.462 e. The van der Waals surface area contributed by atoms with Crippen LogP contribution in [-0.2, 0) is 65.4 Å². The quantitative estimate of drug-likeness (QED) is 0.0169. The molecule has 0 heterocycles. The molecule has 0 saturated heterocycles. The largest absolute Gasteiger partial charge is 0.472 e. The molecule has 0 saturated carbocycles. The van der Waals surface area contributed by atoms with Gasteiger partial charge in [-0.25, -0.2) is 9.13 Å². The van der Waals surface area contributed by atoms with Crippen molar-refractivity contribution in [1.29, 1.82) is 0 Å². The van der Waals surface area contributed by atoms with Crippen molar-refractivity contribution >= 4 is 39.5 Å². The second-order valence-electron chi connectivity index (χ2n) is 24.5. The number of aliphatic hydroxyl groups is 1. The van der Waals surface area contributed by atoms with Gasteiger partial charge in [0.25, 0.3) is 0 Å². The Bertz CT molecular complexity index is 2380. The van der Waals surface area contributed by atoms with E-state index in [0.717, 1.165) is 167 Å². The van der Waals surface area contributed by atoms with Gasteiger partial charge in [0.15, 0.2) is 12.2 Å². The van der Waals surface area contributed by atoms with Gasteiger partial charge in [-0.15, -0.1) is 0 Å². The van der Waals surface area contributed by atoms with E-state index < -0.39 is 97.5 Å². The molecule has 0 rings (SSSR count). The highest BCUT2D eigenvalue weighted by atomic mass is 31.2. The summed E-state index contributed by atoms with van der Waals surface area (Å²) >= 11 is 0. The summed E-state index contributed by atoms with van der Waals surface area (Å²) in [4.78, 5) is 72.7. The Morgan fingerprint density at radius 3 is 0.949 bits per heavy atom. The molecule has 98 heavy (non-hydrogen) atoms. The fraction of sp³-hybridized carbons (Fsp3) is 0.671. The predicted molar refractivity (Wildman–Crippen MR) is 399 cm³/mol. The third-order valence-electron chi connectivity index (χ3n) is 15.1. The van der Waals surface area contributed by atoms with E-state index in [1.165, 1.54) is 38.5 Å². The van der Waals surface area contributed by atoms with Crippen molar-refractivity contribution in [2.45, 2.75) is 303 Å². The number of rotatable bonds is 69. The van der Waals surface area contributed by atoms with Gasteiger partial charge < -0.3 is 33.8 Å². The highest BCUT2D eigenvalue weighted by molar-refractivity contribution is 7.47. The second-order valence-corrected chi connectivity index (χ2v) is 27.4. The maximum atomic E-state index is 13.1. The topological polar surface area (TPSA) is 237 Å². The highest BCUT2D eigenvalue weighted by Crippen LogP contribution is 2.45. The second kappa shape index (κ2) is 70.6. The normalized spacial score (nSPS) is 14.7. The standard InChI is InChI=1S/C79H132O17P2/c1-5-9-13-17-21-25-29-32-34-35-36-37-39-42-45-48-52-56-60-64-77(82)90-70-75(96-79(84)66-62-58-54-50-46-40-31-27-23-19-15-11-7-3)72-94-98(87,88)92-68-73(80)67-91-97(85,86)93-71-74(95-78(83)65-61-57-53-49-43-28-24-20-16-12-8-4)69-89-76(81)63-59-55-51-47-44-41-38-33-30-26-22-18-14-10-6-2/h9-10,13-15,19,21-22,25-27,31-34,36-38,44,47,55,59,73-75,80H,5-8,11-12,16-18,20,23-24,28-30,35,39-43,45-46,48-54,56-58,60-72H2,1-4H3,(H,85,86)(H,87,88)/b13-9-,14-10-,19-15-,25-21-,26-22-,31-27-,34-32-,37-36-,38-33-,47-44-,59-55-. The van der Waals surface area contributed by atoms with Crippen LogP contribution in [0.3, 0.4) is 0 Å². The summed E-state index contributed by atoms with van der Waals surface area (Å²) in [6.45, 7) is 4.41. The summed E-state index contributed by atoms with van der Waals surface area (Å²) in [5.74, 6) is -2.36. The van der Waals surface area contributed by atoms with Crippen molar-refractivity contribution < 1.29 is 80.2 Å². The fourth-order valence-electron chi connectivity index (χ4n) is 9.50. The van der Waals surface area contributed by atoms with Gasteiger partial charge in [-0.1, -0.05) is 277 Å². The van der Waals surface area contributed by atoms with Crippen LogP contribution in [0, 0.1) is 0 Å².